The largest absolute Gasteiger partial charge is 0.349 e. The molecule has 1 aromatic heterocycles. The van der Waals surface area contributed by atoms with E-state index in [9.17, 15) is 13.2 Å². The number of nitrogens with zero attached hydrogens (tertiary/aromatic N) is 3. The maximum Gasteiger partial charge on any atom is 0.267 e. The van der Waals surface area contributed by atoms with Gasteiger partial charge in [0.1, 0.15) is 10.6 Å². The number of carbonyl (C=O) groups is 1. The molecule has 0 spiro atoms. The number of hydrogen-bond donors (Lipinski definition) is 1. The topological polar surface area (TPSA) is 74.6 Å². The van der Waals surface area contributed by atoms with Crippen LogP contribution in [0.1, 0.15) is 41.7 Å². The molecule has 0 radical (unpaired) electrons. The Morgan fingerprint density at radius 1 is 1.07 bits per heavy atom. The minimum atomic E-state index is -3.70. The van der Waals surface area contributed by atoms with E-state index in [1.165, 1.54) is 42.3 Å². The molecule has 2 aromatic rings. The first-order valence-corrected chi connectivity index (χ1v) is 12.2. The number of likely N-dealkylation sites (tertiary alicyclic amines) is 1. The zero-order chi connectivity index (χ0) is 21.1. The molecule has 1 aromatic carbocycles. The first kappa shape index (κ1) is 20.9. The van der Waals surface area contributed by atoms with Crippen molar-refractivity contribution in [3.8, 4) is 0 Å². The molecule has 1 fully saturated rings. The fraction of sp³-hybridized carbons (Fsp3) is 0.500. The number of para-hydroxylation sites is 1. The van der Waals surface area contributed by atoms with Crippen molar-refractivity contribution in [1.29, 1.82) is 0 Å². The lowest BCUT2D eigenvalue weighted by Crippen LogP contribution is -2.36. The summed E-state index contributed by atoms with van der Waals surface area (Å²) < 4.78 is 29.5. The van der Waals surface area contributed by atoms with Crippen molar-refractivity contribution in [2.24, 2.45) is 7.05 Å². The number of rotatable bonds is 6. The number of aryl methyl sites for hydroxylation is 1. The van der Waals surface area contributed by atoms with Crippen molar-refractivity contribution >= 4 is 21.6 Å². The zero-order valence-corrected chi connectivity index (χ0v) is 18.3. The Kier molecular flexibility index (Phi) is 6.15. The Morgan fingerprint density at radius 2 is 1.80 bits per heavy atom. The summed E-state index contributed by atoms with van der Waals surface area (Å²) in [5, 5.41) is 2.95. The van der Waals surface area contributed by atoms with Crippen molar-refractivity contribution < 1.29 is 13.2 Å². The predicted molar refractivity (Wildman–Crippen MR) is 117 cm³/mol. The normalized spacial score (nSPS) is 17.6. The fourth-order valence-corrected chi connectivity index (χ4v) is 5.94. The van der Waals surface area contributed by atoms with E-state index in [0.29, 0.717) is 25.2 Å². The second-order valence-corrected chi connectivity index (χ2v) is 10.0. The summed E-state index contributed by atoms with van der Waals surface area (Å²) in [6.45, 7) is 3.98. The van der Waals surface area contributed by atoms with E-state index in [2.05, 4.69) is 10.2 Å². The molecule has 2 aliphatic rings. The van der Waals surface area contributed by atoms with Gasteiger partial charge in [-0.25, -0.2) is 8.42 Å². The summed E-state index contributed by atoms with van der Waals surface area (Å²) in [6, 6.07) is 9.04. The molecule has 0 bridgehead atoms. The van der Waals surface area contributed by atoms with E-state index in [1.807, 2.05) is 24.3 Å². The van der Waals surface area contributed by atoms with Gasteiger partial charge in [0.15, 0.2) is 0 Å². The summed E-state index contributed by atoms with van der Waals surface area (Å²) >= 11 is 0. The lowest BCUT2D eigenvalue weighted by molar-refractivity contribution is 0.0940. The highest BCUT2D eigenvalue weighted by Gasteiger charge is 2.32. The number of benzene rings is 1. The van der Waals surface area contributed by atoms with Gasteiger partial charge >= 0.3 is 0 Å². The number of sulfonamides is 1. The van der Waals surface area contributed by atoms with E-state index in [4.69, 9.17) is 0 Å². The quantitative estimate of drug-likeness (QED) is 0.764. The van der Waals surface area contributed by atoms with E-state index in [-0.39, 0.29) is 10.8 Å². The molecule has 0 saturated carbocycles. The van der Waals surface area contributed by atoms with E-state index in [0.717, 1.165) is 30.9 Å². The van der Waals surface area contributed by atoms with Crippen molar-refractivity contribution in [3.05, 3.63) is 47.8 Å². The minimum Gasteiger partial charge on any atom is -0.349 e. The number of fused-ring (bicyclic) bond motifs is 1. The Bertz CT molecular complexity index is 1010. The fourth-order valence-electron chi connectivity index (χ4n) is 4.36. The SMILES string of the molecule is Cn1cc(S(=O)(=O)N2CCc3ccccc32)cc1C(=O)NCCN1CCCCCC1. The maximum atomic E-state index is 13.2. The van der Waals surface area contributed by atoms with Crippen molar-refractivity contribution in [1.82, 2.24) is 14.8 Å². The molecule has 3 heterocycles. The molecule has 7 nitrogen and oxygen atoms in total. The molecule has 2 aliphatic heterocycles. The predicted octanol–water partition coefficient (Wildman–Crippen LogP) is 2.38. The van der Waals surface area contributed by atoms with Gasteiger partial charge in [0.2, 0.25) is 0 Å². The molecule has 4 rings (SSSR count). The summed E-state index contributed by atoms with van der Waals surface area (Å²) in [5.41, 5.74) is 2.12. The number of hydrogen-bond acceptors (Lipinski definition) is 4. The molecular formula is C22H30N4O3S. The summed E-state index contributed by atoms with van der Waals surface area (Å²) in [7, 11) is -2.00. The van der Waals surface area contributed by atoms with Gasteiger partial charge < -0.3 is 14.8 Å². The molecule has 1 N–H and O–H groups in total. The van der Waals surface area contributed by atoms with Crippen LogP contribution in [-0.2, 0) is 23.5 Å². The molecule has 1 amide bonds. The highest BCUT2D eigenvalue weighted by molar-refractivity contribution is 7.92. The van der Waals surface area contributed by atoms with Crippen molar-refractivity contribution in [2.75, 3.05) is 37.0 Å². The molecule has 0 aliphatic carbocycles. The Balaban J connectivity index is 1.43. The number of carbonyl (C=O) groups excluding carboxylic acids is 1. The van der Waals surface area contributed by atoms with Crippen LogP contribution >= 0.6 is 0 Å². The summed E-state index contributed by atoms with van der Waals surface area (Å²) in [6.07, 6.45) is 7.22. The van der Waals surface area contributed by atoms with E-state index >= 15 is 0 Å². The molecular weight excluding hydrogens is 400 g/mol. The van der Waals surface area contributed by atoms with Gasteiger partial charge in [0, 0.05) is 32.9 Å². The number of nitrogens with one attached hydrogen (secondary N) is 1. The summed E-state index contributed by atoms with van der Waals surface area (Å²) in [5.74, 6) is -0.240. The number of amides is 1. The molecule has 30 heavy (non-hydrogen) atoms. The highest BCUT2D eigenvalue weighted by atomic mass is 32.2. The van der Waals surface area contributed by atoms with Gasteiger partial charge in [-0.15, -0.1) is 0 Å². The molecule has 0 unspecified atom stereocenters. The van der Waals surface area contributed by atoms with Crippen LogP contribution in [0.25, 0.3) is 0 Å². The Hall–Kier alpha value is -2.32. The molecule has 162 valence electrons. The highest BCUT2D eigenvalue weighted by Crippen LogP contribution is 2.33. The molecule has 1 saturated heterocycles. The van der Waals surface area contributed by atoms with Gasteiger partial charge in [-0.1, -0.05) is 31.0 Å². The smallest absolute Gasteiger partial charge is 0.267 e. The van der Waals surface area contributed by atoms with Crippen LogP contribution in [0.4, 0.5) is 5.69 Å². The van der Waals surface area contributed by atoms with Gasteiger partial charge in [0.25, 0.3) is 15.9 Å². The summed E-state index contributed by atoms with van der Waals surface area (Å²) in [4.78, 5) is 15.2. The van der Waals surface area contributed by atoms with Crippen LogP contribution < -0.4 is 9.62 Å². The zero-order valence-electron chi connectivity index (χ0n) is 17.5. The van der Waals surface area contributed by atoms with Gasteiger partial charge in [-0.3, -0.25) is 9.10 Å². The standard InChI is InChI=1S/C22H30N4O3S/c1-24-17-19(30(28,29)26-14-10-18-8-4-5-9-20(18)26)16-21(24)22(27)23-11-15-25-12-6-2-3-7-13-25/h4-5,8-9,16-17H,2-3,6-7,10-15H2,1H3,(H,23,27). The third kappa shape index (κ3) is 4.25. The number of aromatic nitrogens is 1. The lowest BCUT2D eigenvalue weighted by Gasteiger charge is -2.19. The van der Waals surface area contributed by atoms with Crippen LogP contribution in [0.2, 0.25) is 0 Å². The number of anilines is 1. The van der Waals surface area contributed by atoms with Crippen LogP contribution in [0, 0.1) is 0 Å². The van der Waals surface area contributed by atoms with Crippen LogP contribution in [-0.4, -0.2) is 56.5 Å². The van der Waals surface area contributed by atoms with E-state index < -0.39 is 10.0 Å². The van der Waals surface area contributed by atoms with Gasteiger partial charge in [-0.05, 0) is 50.0 Å². The van der Waals surface area contributed by atoms with Crippen LogP contribution in [0.3, 0.4) is 0 Å². The molecule has 8 heteroatoms. The third-order valence-corrected chi connectivity index (χ3v) is 7.84. The first-order chi connectivity index (χ1) is 14.5. The molecule has 0 atom stereocenters. The maximum absolute atomic E-state index is 13.2. The first-order valence-electron chi connectivity index (χ1n) is 10.7. The monoisotopic (exact) mass is 430 g/mol. The average Bonchev–Trinajstić information content (AvgIpc) is 3.25. The Labute approximate surface area is 178 Å². The Morgan fingerprint density at radius 3 is 2.57 bits per heavy atom. The lowest BCUT2D eigenvalue weighted by atomic mass is 10.2. The van der Waals surface area contributed by atoms with Crippen molar-refractivity contribution in [3.63, 3.8) is 0 Å². The third-order valence-electron chi connectivity index (χ3n) is 6.06. The van der Waals surface area contributed by atoms with E-state index in [1.54, 1.807) is 11.6 Å². The second kappa shape index (κ2) is 8.81. The van der Waals surface area contributed by atoms with Crippen molar-refractivity contribution in [2.45, 2.75) is 37.0 Å². The minimum absolute atomic E-state index is 0.152. The van der Waals surface area contributed by atoms with Crippen LogP contribution in [0.5, 0.6) is 0 Å². The van der Waals surface area contributed by atoms with Crippen LogP contribution in [0.15, 0.2) is 41.4 Å². The van der Waals surface area contributed by atoms with Gasteiger partial charge in [0.05, 0.1) is 5.69 Å². The second-order valence-electron chi connectivity index (χ2n) is 8.14. The average molecular weight is 431 g/mol. The van der Waals surface area contributed by atoms with Gasteiger partial charge in [-0.2, -0.15) is 0 Å².